The van der Waals surface area contributed by atoms with Gasteiger partial charge in [-0.05, 0) is 104 Å². The maximum absolute atomic E-state index is 2.47. The van der Waals surface area contributed by atoms with Crippen molar-refractivity contribution < 1.29 is 0 Å². The molecule has 6 aromatic rings. The Hall–Kier alpha value is -5.46. The Morgan fingerprint density at radius 3 is 1.23 bits per heavy atom. The van der Waals surface area contributed by atoms with Crippen LogP contribution in [0.15, 0.2) is 170 Å². The summed E-state index contributed by atoms with van der Waals surface area (Å²) in [4.78, 5) is 0. The van der Waals surface area contributed by atoms with E-state index in [4.69, 9.17) is 0 Å². The van der Waals surface area contributed by atoms with Crippen LogP contribution >= 0.6 is 0 Å². The lowest BCUT2D eigenvalue weighted by Crippen LogP contribution is -2.17. The molecule has 0 unspecified atom stereocenters. The van der Waals surface area contributed by atoms with Gasteiger partial charge in [-0.2, -0.15) is 0 Å². The minimum absolute atomic E-state index is 0.245. The van der Waals surface area contributed by atoms with Gasteiger partial charge in [-0.15, -0.1) is 0 Å². The van der Waals surface area contributed by atoms with Crippen LogP contribution in [0.4, 0.5) is 0 Å². The number of fused-ring (bicyclic) bond motifs is 3. The van der Waals surface area contributed by atoms with Crippen molar-refractivity contribution in [2.24, 2.45) is 0 Å². The first kappa shape index (κ1) is 31.2. The zero-order valence-electron chi connectivity index (χ0n) is 27.9. The molecule has 48 heavy (non-hydrogen) atoms. The van der Waals surface area contributed by atoms with Crippen LogP contribution in [0.2, 0.25) is 0 Å². The second kappa shape index (κ2) is 14.1. The number of rotatable bonds is 10. The standard InChI is InChI=1S/C48H42/c1-3-4-5-18-31-48(2)46-34-36(32-44(38-19-10-6-11-20-38)39-21-12-7-13-22-39)27-29-42(46)43-30-28-37(35-47(43)48)33-45(40-23-14-8-15-24-40)41-25-16-9-17-26-41/h6-35H,3-5H2,1-2H3. The molecule has 7 rings (SSSR count). The highest BCUT2D eigenvalue weighted by molar-refractivity contribution is 5.94. The topological polar surface area (TPSA) is 0 Å². The fraction of sp³-hybridized carbons (Fsp3) is 0.125. The third-order valence-corrected chi connectivity index (χ3v) is 9.63. The summed E-state index contributed by atoms with van der Waals surface area (Å²) in [5, 5.41) is 0. The van der Waals surface area contributed by atoms with Crippen LogP contribution in [-0.4, -0.2) is 0 Å². The Kier molecular flexibility index (Phi) is 9.16. The molecular formula is C48H42. The highest BCUT2D eigenvalue weighted by atomic mass is 14.4. The predicted octanol–water partition coefficient (Wildman–Crippen LogP) is 12.9. The molecule has 0 aromatic heterocycles. The van der Waals surface area contributed by atoms with E-state index in [1.54, 1.807) is 0 Å². The fourth-order valence-electron chi connectivity index (χ4n) is 7.07. The van der Waals surface area contributed by atoms with Crippen LogP contribution in [0.5, 0.6) is 0 Å². The van der Waals surface area contributed by atoms with E-state index in [-0.39, 0.29) is 5.41 Å². The number of allylic oxidation sites excluding steroid dienone is 2. The van der Waals surface area contributed by atoms with Gasteiger partial charge in [0.25, 0.3) is 0 Å². The maximum Gasteiger partial charge on any atom is 0.0366 e. The van der Waals surface area contributed by atoms with E-state index >= 15 is 0 Å². The molecule has 0 heteroatoms. The van der Waals surface area contributed by atoms with Gasteiger partial charge in [0.1, 0.15) is 0 Å². The molecule has 0 bridgehead atoms. The van der Waals surface area contributed by atoms with Crippen molar-refractivity contribution in [3.63, 3.8) is 0 Å². The van der Waals surface area contributed by atoms with Crippen molar-refractivity contribution in [1.29, 1.82) is 0 Å². The Balaban J connectivity index is 1.35. The first-order chi connectivity index (χ1) is 23.6. The average molecular weight is 619 g/mol. The Morgan fingerprint density at radius 2 is 0.875 bits per heavy atom. The fourth-order valence-corrected chi connectivity index (χ4v) is 7.07. The summed E-state index contributed by atoms with van der Waals surface area (Å²) in [5.41, 5.74) is 14.9. The Labute approximate surface area is 286 Å². The number of hydrogen-bond donors (Lipinski definition) is 0. The average Bonchev–Trinajstić information content (AvgIpc) is 3.39. The Bertz CT molecular complexity index is 1850. The summed E-state index contributed by atoms with van der Waals surface area (Å²) >= 11 is 0. The van der Waals surface area contributed by atoms with E-state index < -0.39 is 0 Å². The molecule has 0 radical (unpaired) electrons. The third kappa shape index (κ3) is 6.40. The lowest BCUT2D eigenvalue weighted by atomic mass is 9.78. The smallest absolute Gasteiger partial charge is 0.0366 e. The normalized spacial score (nSPS) is 12.7. The van der Waals surface area contributed by atoms with Gasteiger partial charge in [-0.3, -0.25) is 0 Å². The zero-order valence-corrected chi connectivity index (χ0v) is 27.9. The molecule has 0 nitrogen and oxygen atoms in total. The summed E-state index contributed by atoms with van der Waals surface area (Å²) in [7, 11) is 0. The number of benzene rings is 6. The van der Waals surface area contributed by atoms with Gasteiger partial charge in [0.2, 0.25) is 0 Å². The monoisotopic (exact) mass is 618 g/mol. The quantitative estimate of drug-likeness (QED) is 0.0814. The van der Waals surface area contributed by atoms with Crippen molar-refractivity contribution in [2.45, 2.75) is 38.5 Å². The first-order valence-electron chi connectivity index (χ1n) is 17.3. The largest absolute Gasteiger partial charge is 0.0873 e. The Morgan fingerprint density at radius 1 is 0.500 bits per heavy atom. The summed E-state index contributed by atoms with van der Waals surface area (Å²) in [6.07, 6.45) is 13.1. The molecule has 0 saturated carbocycles. The van der Waals surface area contributed by atoms with Crippen molar-refractivity contribution >= 4 is 23.3 Å². The van der Waals surface area contributed by atoms with Gasteiger partial charge >= 0.3 is 0 Å². The molecule has 0 fully saturated rings. The van der Waals surface area contributed by atoms with Crippen molar-refractivity contribution in [1.82, 2.24) is 0 Å². The van der Waals surface area contributed by atoms with E-state index in [9.17, 15) is 0 Å². The van der Waals surface area contributed by atoms with E-state index in [2.05, 4.69) is 196 Å². The lowest BCUT2D eigenvalue weighted by molar-refractivity contribution is 0.734. The van der Waals surface area contributed by atoms with Crippen LogP contribution in [0.25, 0.3) is 34.4 Å². The molecule has 234 valence electrons. The molecule has 0 amide bonds. The predicted molar refractivity (Wildman–Crippen MR) is 207 cm³/mol. The first-order valence-corrected chi connectivity index (χ1v) is 17.3. The van der Waals surface area contributed by atoms with Gasteiger partial charge in [0.05, 0.1) is 0 Å². The summed E-state index contributed by atoms with van der Waals surface area (Å²) in [6.45, 7) is 4.67. The molecule has 0 N–H and O–H groups in total. The molecule has 6 aromatic carbocycles. The van der Waals surface area contributed by atoms with E-state index in [0.717, 1.165) is 6.42 Å². The second-order valence-corrected chi connectivity index (χ2v) is 12.9. The van der Waals surface area contributed by atoms with Crippen molar-refractivity contribution in [3.05, 3.63) is 214 Å². The van der Waals surface area contributed by atoms with Crippen LogP contribution in [0.1, 0.15) is 77.6 Å². The molecule has 0 aliphatic heterocycles. The summed E-state index contributed by atoms with van der Waals surface area (Å²) in [6, 6.07) is 57.1. The van der Waals surface area contributed by atoms with Crippen LogP contribution in [-0.2, 0) is 5.41 Å². The zero-order chi connectivity index (χ0) is 32.8. The molecular weight excluding hydrogens is 577 g/mol. The van der Waals surface area contributed by atoms with Crippen molar-refractivity contribution in [2.75, 3.05) is 0 Å². The van der Waals surface area contributed by atoms with E-state index in [0.29, 0.717) is 0 Å². The van der Waals surface area contributed by atoms with Crippen molar-refractivity contribution in [3.8, 4) is 11.1 Å². The SMILES string of the molecule is CCCCC=CC1(C)c2cc(C=C(c3ccccc3)c3ccccc3)ccc2-c2ccc(C=C(c3ccccc3)c3ccccc3)cc21. The summed E-state index contributed by atoms with van der Waals surface area (Å²) in [5.74, 6) is 0. The molecule has 1 aliphatic rings. The van der Waals surface area contributed by atoms with Crippen LogP contribution in [0.3, 0.4) is 0 Å². The lowest BCUT2D eigenvalue weighted by Gasteiger charge is -2.24. The minimum Gasteiger partial charge on any atom is -0.0873 e. The molecule has 0 saturated heterocycles. The van der Waals surface area contributed by atoms with Gasteiger partial charge < -0.3 is 0 Å². The highest BCUT2D eigenvalue weighted by Crippen LogP contribution is 2.51. The van der Waals surface area contributed by atoms with Crippen LogP contribution in [0, 0.1) is 0 Å². The maximum atomic E-state index is 2.47. The third-order valence-electron chi connectivity index (χ3n) is 9.63. The molecule has 0 heterocycles. The summed E-state index contributed by atoms with van der Waals surface area (Å²) < 4.78 is 0. The molecule has 0 atom stereocenters. The van der Waals surface area contributed by atoms with Crippen LogP contribution < -0.4 is 0 Å². The number of unbranched alkanes of at least 4 members (excludes halogenated alkanes) is 2. The van der Waals surface area contributed by atoms with Gasteiger partial charge in [-0.25, -0.2) is 0 Å². The van der Waals surface area contributed by atoms with Gasteiger partial charge in [-0.1, -0.05) is 178 Å². The highest BCUT2D eigenvalue weighted by Gasteiger charge is 2.37. The molecule has 1 aliphatic carbocycles. The second-order valence-electron chi connectivity index (χ2n) is 12.9. The van der Waals surface area contributed by atoms with Gasteiger partial charge in [0, 0.05) is 5.41 Å². The van der Waals surface area contributed by atoms with Gasteiger partial charge in [0.15, 0.2) is 0 Å². The van der Waals surface area contributed by atoms with E-state index in [1.165, 1.54) is 79.6 Å². The minimum atomic E-state index is -0.245. The molecule has 0 spiro atoms. The van der Waals surface area contributed by atoms with E-state index in [1.807, 2.05) is 0 Å². The number of hydrogen-bond acceptors (Lipinski definition) is 0.